The van der Waals surface area contributed by atoms with E-state index in [-0.39, 0.29) is 6.10 Å². The summed E-state index contributed by atoms with van der Waals surface area (Å²) in [5.74, 6) is 0.732. The summed E-state index contributed by atoms with van der Waals surface area (Å²) in [6.45, 7) is 1.41. The van der Waals surface area contributed by atoms with Gasteiger partial charge in [-0.25, -0.2) is 0 Å². The zero-order valence-corrected chi connectivity index (χ0v) is 10.8. The van der Waals surface area contributed by atoms with Gasteiger partial charge in [-0.15, -0.1) is 0 Å². The molecule has 1 aliphatic rings. The lowest BCUT2D eigenvalue weighted by atomic mass is 10.2. The van der Waals surface area contributed by atoms with Crippen LogP contribution in [0.25, 0.3) is 0 Å². The van der Waals surface area contributed by atoms with Gasteiger partial charge >= 0.3 is 0 Å². The maximum Gasteiger partial charge on any atom is 0.138 e. The highest BCUT2D eigenvalue weighted by molar-refractivity contribution is 9.10. The summed E-state index contributed by atoms with van der Waals surface area (Å²) in [6.07, 6.45) is -0.795. The van der Waals surface area contributed by atoms with Crippen LogP contribution in [0.15, 0.2) is 28.7 Å². The molecule has 17 heavy (non-hydrogen) atoms. The van der Waals surface area contributed by atoms with Crippen molar-refractivity contribution in [3.63, 3.8) is 0 Å². The Hall–Kier alpha value is -1.09. The molecule has 0 unspecified atom stereocenters. The van der Waals surface area contributed by atoms with Crippen molar-refractivity contribution < 1.29 is 9.84 Å². The molecule has 1 aliphatic heterocycles. The van der Waals surface area contributed by atoms with Crippen LogP contribution in [0.5, 0.6) is 5.75 Å². The van der Waals surface area contributed by atoms with E-state index in [4.69, 9.17) is 10.00 Å². The van der Waals surface area contributed by atoms with E-state index in [0.29, 0.717) is 19.6 Å². The minimum Gasteiger partial charge on any atom is -0.486 e. The van der Waals surface area contributed by atoms with E-state index in [2.05, 4.69) is 22.0 Å². The predicted octanol–water partition coefficient (Wildman–Crippen LogP) is 1.40. The van der Waals surface area contributed by atoms with Crippen molar-refractivity contribution in [2.24, 2.45) is 0 Å². The molecule has 1 aromatic rings. The molecule has 1 N–H and O–H groups in total. The van der Waals surface area contributed by atoms with Gasteiger partial charge in [0.15, 0.2) is 0 Å². The Morgan fingerprint density at radius 3 is 2.76 bits per heavy atom. The largest absolute Gasteiger partial charge is 0.486 e. The van der Waals surface area contributed by atoms with Gasteiger partial charge in [0.2, 0.25) is 0 Å². The van der Waals surface area contributed by atoms with Crippen molar-refractivity contribution in [3.05, 3.63) is 28.7 Å². The molecule has 0 radical (unpaired) electrons. The smallest absolute Gasteiger partial charge is 0.138 e. The van der Waals surface area contributed by atoms with Gasteiger partial charge in [-0.05, 0) is 24.3 Å². The fraction of sp³-hybridized carbons (Fsp3) is 0.417. The summed E-state index contributed by atoms with van der Waals surface area (Å²) in [6, 6.07) is 9.56. The van der Waals surface area contributed by atoms with Crippen LogP contribution in [0.2, 0.25) is 0 Å². The third kappa shape index (κ3) is 3.19. The highest BCUT2D eigenvalue weighted by Crippen LogP contribution is 2.20. The Morgan fingerprint density at radius 2 is 2.12 bits per heavy atom. The number of nitrogens with zero attached hydrogens (tertiary/aromatic N) is 2. The quantitative estimate of drug-likeness (QED) is 0.857. The molecule has 0 aromatic heterocycles. The van der Waals surface area contributed by atoms with E-state index in [1.54, 1.807) is 0 Å². The van der Waals surface area contributed by atoms with Crippen LogP contribution < -0.4 is 4.74 Å². The number of aliphatic hydroxyl groups excluding tert-OH is 1. The number of likely N-dealkylation sites (tertiary alicyclic amines) is 1. The second-order valence-electron chi connectivity index (χ2n) is 4.03. The fourth-order valence-electron chi connectivity index (χ4n) is 1.87. The zero-order valence-electron chi connectivity index (χ0n) is 9.21. The summed E-state index contributed by atoms with van der Waals surface area (Å²) in [7, 11) is 0. The van der Waals surface area contributed by atoms with Crippen molar-refractivity contribution in [1.29, 1.82) is 5.26 Å². The van der Waals surface area contributed by atoms with E-state index in [1.165, 1.54) is 0 Å². The molecule has 0 spiro atoms. The van der Waals surface area contributed by atoms with Crippen molar-refractivity contribution in [2.45, 2.75) is 12.2 Å². The first-order valence-electron chi connectivity index (χ1n) is 5.38. The number of rotatable bonds is 3. The normalized spacial score (nSPS) is 24.5. The van der Waals surface area contributed by atoms with Crippen LogP contribution in [0, 0.1) is 11.3 Å². The Bertz CT molecular complexity index is 416. The van der Waals surface area contributed by atoms with Crippen molar-refractivity contribution in [1.82, 2.24) is 4.90 Å². The molecular formula is C12H13BrN2O2. The molecule has 1 fully saturated rings. The molecule has 1 saturated heterocycles. The fourth-order valence-corrected chi connectivity index (χ4v) is 2.13. The third-order valence-corrected chi connectivity index (χ3v) is 3.24. The average molecular weight is 297 g/mol. The Kier molecular flexibility index (Phi) is 4.00. The van der Waals surface area contributed by atoms with Crippen LogP contribution in [0.1, 0.15) is 0 Å². The Balaban J connectivity index is 1.95. The van der Waals surface area contributed by atoms with Gasteiger partial charge in [-0.1, -0.05) is 15.9 Å². The highest BCUT2D eigenvalue weighted by Gasteiger charge is 2.32. The summed E-state index contributed by atoms with van der Waals surface area (Å²) in [4.78, 5) is 1.88. The lowest BCUT2D eigenvalue weighted by molar-refractivity contribution is 0.0737. The van der Waals surface area contributed by atoms with E-state index >= 15 is 0 Å². The topological polar surface area (TPSA) is 56.5 Å². The molecule has 1 aromatic carbocycles. The first-order valence-corrected chi connectivity index (χ1v) is 6.18. The van der Waals surface area contributed by atoms with Crippen LogP contribution in [0.4, 0.5) is 0 Å². The molecule has 2 rings (SSSR count). The van der Waals surface area contributed by atoms with Crippen LogP contribution >= 0.6 is 15.9 Å². The monoisotopic (exact) mass is 296 g/mol. The molecule has 4 nitrogen and oxygen atoms in total. The van der Waals surface area contributed by atoms with Crippen molar-refractivity contribution in [2.75, 3.05) is 19.6 Å². The van der Waals surface area contributed by atoms with E-state index in [0.717, 1.165) is 10.2 Å². The molecule has 1 heterocycles. The summed E-state index contributed by atoms with van der Waals surface area (Å²) in [5, 5.41) is 18.4. The lowest BCUT2D eigenvalue weighted by Gasteiger charge is -2.16. The molecule has 0 saturated carbocycles. The maximum absolute atomic E-state index is 9.82. The summed E-state index contributed by atoms with van der Waals surface area (Å²) in [5.41, 5.74) is 0. The maximum atomic E-state index is 9.82. The van der Waals surface area contributed by atoms with Gasteiger partial charge in [0, 0.05) is 17.6 Å². The molecule has 5 heteroatoms. The van der Waals surface area contributed by atoms with Gasteiger partial charge in [0.05, 0.1) is 12.6 Å². The second kappa shape index (κ2) is 5.50. The van der Waals surface area contributed by atoms with Crippen LogP contribution in [-0.4, -0.2) is 41.8 Å². The number of aliphatic hydroxyl groups is 1. The van der Waals surface area contributed by atoms with Gasteiger partial charge in [0.1, 0.15) is 18.0 Å². The number of halogens is 1. The number of benzene rings is 1. The van der Waals surface area contributed by atoms with Gasteiger partial charge in [0.25, 0.3) is 0 Å². The van der Waals surface area contributed by atoms with Gasteiger partial charge in [-0.3, -0.25) is 4.90 Å². The van der Waals surface area contributed by atoms with E-state index in [9.17, 15) is 5.11 Å². The van der Waals surface area contributed by atoms with Gasteiger partial charge in [-0.2, -0.15) is 5.26 Å². The van der Waals surface area contributed by atoms with E-state index < -0.39 is 6.10 Å². The SMILES string of the molecule is N#CCN1C[C@@H](O)[C@H](Oc2ccc(Br)cc2)C1. The number of hydrogen-bond donors (Lipinski definition) is 1. The summed E-state index contributed by atoms with van der Waals surface area (Å²) < 4.78 is 6.69. The molecule has 0 aliphatic carbocycles. The van der Waals surface area contributed by atoms with Crippen molar-refractivity contribution in [3.8, 4) is 11.8 Å². The number of β-amino-alcohol motifs (C(OH)–C–C–N with tert-alkyl or cyclic N) is 1. The number of ether oxygens (including phenoxy) is 1. The summed E-state index contributed by atoms with van der Waals surface area (Å²) >= 11 is 3.35. The van der Waals surface area contributed by atoms with Gasteiger partial charge < -0.3 is 9.84 Å². The Labute approximate surface area is 109 Å². The molecule has 0 bridgehead atoms. The lowest BCUT2D eigenvalue weighted by Crippen LogP contribution is -2.29. The minimum atomic E-state index is -0.535. The minimum absolute atomic E-state index is 0.260. The molecule has 0 amide bonds. The van der Waals surface area contributed by atoms with Crippen molar-refractivity contribution >= 4 is 15.9 Å². The van der Waals surface area contributed by atoms with Crippen LogP contribution in [0.3, 0.4) is 0 Å². The third-order valence-electron chi connectivity index (χ3n) is 2.71. The molecular weight excluding hydrogens is 284 g/mol. The molecule has 90 valence electrons. The average Bonchev–Trinajstić information content (AvgIpc) is 2.63. The number of nitriles is 1. The highest BCUT2D eigenvalue weighted by atomic mass is 79.9. The predicted molar refractivity (Wildman–Crippen MR) is 66.6 cm³/mol. The van der Waals surface area contributed by atoms with Crippen LogP contribution in [-0.2, 0) is 0 Å². The standard InChI is InChI=1S/C12H13BrN2O2/c13-9-1-3-10(4-2-9)17-12-8-15(6-5-14)7-11(12)16/h1-4,11-12,16H,6-8H2/t11-,12-/m1/s1. The Morgan fingerprint density at radius 1 is 1.41 bits per heavy atom. The number of hydrogen-bond acceptors (Lipinski definition) is 4. The first-order chi connectivity index (χ1) is 8.19. The molecule has 2 atom stereocenters. The second-order valence-corrected chi connectivity index (χ2v) is 4.95. The first kappa shape index (κ1) is 12.4. The van der Waals surface area contributed by atoms with E-state index in [1.807, 2.05) is 29.2 Å². The zero-order chi connectivity index (χ0) is 12.3.